The highest BCUT2D eigenvalue weighted by Gasteiger charge is 2.21. The number of ether oxygens (including phenoxy) is 2. The first-order valence-electron chi connectivity index (χ1n) is 8.63. The number of hydrogen-bond acceptors (Lipinski definition) is 5. The molecule has 27 heavy (non-hydrogen) atoms. The lowest BCUT2D eigenvalue weighted by Gasteiger charge is -2.23. The minimum Gasteiger partial charge on any atom is -0.497 e. The summed E-state index contributed by atoms with van der Waals surface area (Å²) in [6, 6.07) is 12.0. The number of carbonyl (C=O) groups excluding carboxylic acids is 1. The van der Waals surface area contributed by atoms with Crippen molar-refractivity contribution in [1.82, 2.24) is 5.32 Å². The van der Waals surface area contributed by atoms with Crippen molar-refractivity contribution in [3.8, 4) is 11.5 Å². The van der Waals surface area contributed by atoms with E-state index < -0.39 is 4.92 Å². The molecule has 0 saturated heterocycles. The Morgan fingerprint density at radius 2 is 1.85 bits per heavy atom. The lowest BCUT2D eigenvalue weighted by Crippen LogP contribution is -2.35. The summed E-state index contributed by atoms with van der Waals surface area (Å²) in [7, 11) is 1.60. The van der Waals surface area contributed by atoms with Crippen molar-refractivity contribution >= 4 is 11.6 Å². The van der Waals surface area contributed by atoms with E-state index in [0.29, 0.717) is 5.56 Å². The van der Waals surface area contributed by atoms with Gasteiger partial charge < -0.3 is 14.8 Å². The summed E-state index contributed by atoms with van der Waals surface area (Å²) in [4.78, 5) is 23.1. The third-order valence-electron chi connectivity index (χ3n) is 4.20. The van der Waals surface area contributed by atoms with Gasteiger partial charge in [-0.05, 0) is 36.6 Å². The second-order valence-electron chi connectivity index (χ2n) is 6.53. The number of para-hydroxylation sites is 1. The maximum atomic E-state index is 12.4. The van der Waals surface area contributed by atoms with Crippen molar-refractivity contribution in [2.24, 2.45) is 5.92 Å². The number of methoxy groups -OCH3 is 1. The summed E-state index contributed by atoms with van der Waals surface area (Å²) >= 11 is 0. The molecule has 1 N–H and O–H groups in total. The lowest BCUT2D eigenvalue weighted by molar-refractivity contribution is -0.386. The van der Waals surface area contributed by atoms with Gasteiger partial charge in [-0.2, -0.15) is 0 Å². The molecule has 144 valence electrons. The average molecular weight is 372 g/mol. The minimum atomic E-state index is -0.503. The first kappa shape index (κ1) is 20.2. The number of carbonyl (C=O) groups is 1. The van der Waals surface area contributed by atoms with Gasteiger partial charge in [-0.25, -0.2) is 0 Å². The van der Waals surface area contributed by atoms with E-state index in [1.807, 2.05) is 38.1 Å². The third kappa shape index (κ3) is 5.20. The highest BCUT2D eigenvalue weighted by molar-refractivity contribution is 5.78. The maximum Gasteiger partial charge on any atom is 0.313 e. The normalized spacial score (nSPS) is 11.7. The van der Waals surface area contributed by atoms with Crippen LogP contribution in [0.3, 0.4) is 0 Å². The lowest BCUT2D eigenvalue weighted by atomic mass is 9.96. The van der Waals surface area contributed by atoms with Crippen molar-refractivity contribution in [1.29, 1.82) is 0 Å². The highest BCUT2D eigenvalue weighted by Crippen LogP contribution is 2.30. The zero-order valence-corrected chi connectivity index (χ0v) is 15.9. The van der Waals surface area contributed by atoms with Crippen LogP contribution in [0.4, 0.5) is 5.69 Å². The van der Waals surface area contributed by atoms with Gasteiger partial charge in [0.2, 0.25) is 0 Å². The molecule has 0 aliphatic heterocycles. The molecule has 7 nitrogen and oxygen atoms in total. The van der Waals surface area contributed by atoms with Gasteiger partial charge in [-0.15, -0.1) is 0 Å². The molecule has 1 amide bonds. The molecule has 0 aliphatic rings. The molecule has 1 atom stereocenters. The Kier molecular flexibility index (Phi) is 6.76. The number of amides is 1. The molecule has 2 aromatic carbocycles. The van der Waals surface area contributed by atoms with Crippen LogP contribution in [0.25, 0.3) is 0 Å². The molecular formula is C20H24N2O5. The summed E-state index contributed by atoms with van der Waals surface area (Å²) in [5, 5.41) is 14.1. The minimum absolute atomic E-state index is 0.0840. The van der Waals surface area contributed by atoms with Crippen LogP contribution in [0.5, 0.6) is 11.5 Å². The Labute approximate surface area is 158 Å². The monoisotopic (exact) mass is 372 g/mol. The zero-order chi connectivity index (χ0) is 20.0. The summed E-state index contributed by atoms with van der Waals surface area (Å²) < 4.78 is 10.6. The van der Waals surface area contributed by atoms with Gasteiger partial charge in [0.15, 0.2) is 12.4 Å². The second kappa shape index (κ2) is 9.02. The zero-order valence-electron chi connectivity index (χ0n) is 15.9. The maximum absolute atomic E-state index is 12.4. The molecule has 1 unspecified atom stereocenters. The Morgan fingerprint density at radius 1 is 1.19 bits per heavy atom. The van der Waals surface area contributed by atoms with Crippen molar-refractivity contribution < 1.29 is 19.2 Å². The summed E-state index contributed by atoms with van der Waals surface area (Å²) in [6.07, 6.45) is 0. The van der Waals surface area contributed by atoms with Gasteiger partial charge in [0.1, 0.15) is 5.75 Å². The molecule has 7 heteroatoms. The molecule has 0 aromatic heterocycles. The number of nitro groups is 1. The molecule has 2 aromatic rings. The fourth-order valence-corrected chi connectivity index (χ4v) is 2.79. The number of rotatable bonds is 8. The summed E-state index contributed by atoms with van der Waals surface area (Å²) in [6.45, 7) is 5.33. The fourth-order valence-electron chi connectivity index (χ4n) is 2.79. The Balaban J connectivity index is 2.07. The molecule has 0 aliphatic carbocycles. The van der Waals surface area contributed by atoms with Gasteiger partial charge in [0.05, 0.1) is 18.1 Å². The number of aryl methyl sites for hydroxylation is 1. The van der Waals surface area contributed by atoms with E-state index in [1.54, 1.807) is 26.2 Å². The van der Waals surface area contributed by atoms with E-state index in [1.165, 1.54) is 6.07 Å². The Bertz CT molecular complexity index is 803. The molecule has 0 bridgehead atoms. The van der Waals surface area contributed by atoms with E-state index in [9.17, 15) is 14.9 Å². The van der Waals surface area contributed by atoms with Crippen LogP contribution < -0.4 is 14.8 Å². The molecule has 0 heterocycles. The van der Waals surface area contributed by atoms with Crippen LogP contribution in [-0.2, 0) is 4.79 Å². The number of nitrogens with one attached hydrogen (secondary N) is 1. The van der Waals surface area contributed by atoms with Crippen LogP contribution in [0.2, 0.25) is 0 Å². The quantitative estimate of drug-likeness (QED) is 0.562. The largest absolute Gasteiger partial charge is 0.497 e. The van der Waals surface area contributed by atoms with Crippen molar-refractivity contribution in [3.05, 3.63) is 63.7 Å². The van der Waals surface area contributed by atoms with Crippen LogP contribution >= 0.6 is 0 Å². The van der Waals surface area contributed by atoms with E-state index in [4.69, 9.17) is 9.47 Å². The first-order chi connectivity index (χ1) is 12.8. The van der Waals surface area contributed by atoms with Crippen molar-refractivity contribution in [2.75, 3.05) is 13.7 Å². The van der Waals surface area contributed by atoms with Gasteiger partial charge in [-0.3, -0.25) is 14.9 Å². The molecule has 0 spiro atoms. The number of nitro benzene ring substituents is 1. The Hall–Kier alpha value is -3.09. The van der Waals surface area contributed by atoms with E-state index in [-0.39, 0.29) is 35.9 Å². The van der Waals surface area contributed by atoms with Gasteiger partial charge in [0, 0.05) is 5.56 Å². The fraction of sp³-hybridized carbons (Fsp3) is 0.350. The first-order valence-corrected chi connectivity index (χ1v) is 8.63. The molecule has 0 fully saturated rings. The predicted octanol–water partition coefficient (Wildman–Crippen LogP) is 3.80. The number of benzene rings is 2. The van der Waals surface area contributed by atoms with Crippen LogP contribution in [0.15, 0.2) is 42.5 Å². The van der Waals surface area contributed by atoms with Gasteiger partial charge >= 0.3 is 5.69 Å². The van der Waals surface area contributed by atoms with Gasteiger partial charge in [-0.1, -0.05) is 38.1 Å². The van der Waals surface area contributed by atoms with E-state index >= 15 is 0 Å². The van der Waals surface area contributed by atoms with Crippen LogP contribution in [0.1, 0.15) is 31.0 Å². The average Bonchev–Trinajstić information content (AvgIpc) is 2.64. The van der Waals surface area contributed by atoms with Crippen molar-refractivity contribution in [2.45, 2.75) is 26.8 Å². The molecule has 2 rings (SSSR count). The van der Waals surface area contributed by atoms with E-state index in [0.717, 1.165) is 11.3 Å². The van der Waals surface area contributed by atoms with Crippen LogP contribution in [0, 0.1) is 23.0 Å². The number of hydrogen-bond donors (Lipinski definition) is 1. The highest BCUT2D eigenvalue weighted by atomic mass is 16.6. The smallest absolute Gasteiger partial charge is 0.313 e. The van der Waals surface area contributed by atoms with E-state index in [2.05, 4.69) is 5.32 Å². The predicted molar refractivity (Wildman–Crippen MR) is 102 cm³/mol. The molecule has 0 radical (unpaired) electrons. The standard InChI is InChI=1S/C20H24N2O5/c1-13(2)19(15-8-10-16(26-4)11-9-15)21-18(23)12-27-17-7-5-6-14(3)20(17)22(24)25/h5-11,13,19H,12H2,1-4H3,(H,21,23). The topological polar surface area (TPSA) is 90.7 Å². The van der Waals surface area contributed by atoms with Gasteiger partial charge in [0.25, 0.3) is 5.91 Å². The van der Waals surface area contributed by atoms with Crippen molar-refractivity contribution in [3.63, 3.8) is 0 Å². The summed E-state index contributed by atoms with van der Waals surface area (Å²) in [5.41, 5.74) is 1.30. The second-order valence-corrected chi connectivity index (χ2v) is 6.53. The third-order valence-corrected chi connectivity index (χ3v) is 4.20. The Morgan fingerprint density at radius 3 is 2.41 bits per heavy atom. The molecule has 0 saturated carbocycles. The number of nitrogens with zero attached hydrogens (tertiary/aromatic N) is 1. The molecular weight excluding hydrogens is 348 g/mol. The van der Waals surface area contributed by atoms with Crippen LogP contribution in [-0.4, -0.2) is 24.5 Å². The SMILES string of the molecule is COc1ccc(C(NC(=O)COc2cccc(C)c2[N+](=O)[O-])C(C)C)cc1. The summed E-state index contributed by atoms with van der Waals surface area (Å²) in [5.74, 6) is 0.624.